The van der Waals surface area contributed by atoms with Crippen LogP contribution in [0.2, 0.25) is 5.02 Å². The van der Waals surface area contributed by atoms with Gasteiger partial charge in [-0.2, -0.15) is 13.2 Å². The van der Waals surface area contributed by atoms with Gasteiger partial charge in [0.1, 0.15) is 11.5 Å². The van der Waals surface area contributed by atoms with Crippen molar-refractivity contribution in [2.45, 2.75) is 39.8 Å². The van der Waals surface area contributed by atoms with Crippen LogP contribution in [0.1, 0.15) is 32.3 Å². The highest BCUT2D eigenvalue weighted by atomic mass is 35.5. The molecule has 0 fully saturated rings. The number of benzene rings is 1. The zero-order valence-electron chi connectivity index (χ0n) is 12.6. The number of nitrogens with two attached hydrogens (primary N) is 2. The molecule has 0 aliphatic rings. The Hall–Kier alpha value is -1.47. The largest absolute Gasteiger partial charge is 0.432 e. The molecule has 0 heterocycles. The molecule has 1 aromatic carbocycles. The Morgan fingerprint density at radius 1 is 1.27 bits per heavy atom. The van der Waals surface area contributed by atoms with E-state index in [0.29, 0.717) is 11.2 Å². The van der Waals surface area contributed by atoms with Crippen LogP contribution in [0.15, 0.2) is 24.0 Å². The minimum atomic E-state index is -4.70. The molecule has 0 saturated heterocycles. The van der Waals surface area contributed by atoms with Gasteiger partial charge in [0.25, 0.3) is 0 Å². The van der Waals surface area contributed by atoms with Crippen LogP contribution in [0, 0.1) is 12.7 Å². The first kappa shape index (κ1) is 20.5. The average molecular weight is 342 g/mol. The van der Waals surface area contributed by atoms with Gasteiger partial charge in [-0.3, -0.25) is 5.01 Å². The minimum absolute atomic E-state index is 0.0243. The number of halogens is 5. The topological polar surface area (TPSA) is 55.3 Å². The Labute approximate surface area is 132 Å². The third-order valence-corrected chi connectivity index (χ3v) is 2.99. The molecule has 22 heavy (non-hydrogen) atoms. The Morgan fingerprint density at radius 3 is 2.18 bits per heavy atom. The van der Waals surface area contributed by atoms with Crippen molar-refractivity contribution < 1.29 is 17.6 Å². The van der Waals surface area contributed by atoms with E-state index in [0.717, 1.165) is 0 Å². The third kappa shape index (κ3) is 6.11. The number of hydrogen-bond acceptors (Lipinski definition) is 3. The van der Waals surface area contributed by atoms with Gasteiger partial charge in [0.05, 0.1) is 10.7 Å². The lowest BCUT2D eigenvalue weighted by Crippen LogP contribution is -2.30. The van der Waals surface area contributed by atoms with Crippen molar-refractivity contribution in [1.29, 1.82) is 0 Å². The van der Waals surface area contributed by atoms with Crippen LogP contribution in [-0.2, 0) is 0 Å². The molecule has 0 spiro atoms. The number of hydrazine groups is 1. The molecule has 0 aromatic heterocycles. The Balaban J connectivity index is 0.000000980. The Morgan fingerprint density at radius 2 is 1.77 bits per heavy atom. The standard InChI is InChI=1S/C10H10ClF4N3.C4H10/c1-5-7(3-2-6(11)9(5)12)18(17)4-8(16)10(13,14)15;1-3-4-2/h2-4H,16-17H2,1H3;3-4H2,1-2H3/b8-4-;. The summed E-state index contributed by atoms with van der Waals surface area (Å²) in [5.41, 5.74) is 3.47. The first-order valence-corrected chi connectivity index (χ1v) is 6.97. The zero-order valence-corrected chi connectivity index (χ0v) is 13.4. The van der Waals surface area contributed by atoms with Crippen LogP contribution in [0.25, 0.3) is 0 Å². The molecule has 0 radical (unpaired) electrons. The van der Waals surface area contributed by atoms with Crippen LogP contribution >= 0.6 is 11.6 Å². The molecule has 0 aliphatic carbocycles. The number of allylic oxidation sites excluding steroid dienone is 1. The summed E-state index contributed by atoms with van der Waals surface area (Å²) in [6, 6.07) is 2.48. The molecule has 0 saturated carbocycles. The van der Waals surface area contributed by atoms with E-state index in [9.17, 15) is 17.6 Å². The molecule has 0 amide bonds. The van der Waals surface area contributed by atoms with Crippen molar-refractivity contribution in [1.82, 2.24) is 0 Å². The highest BCUT2D eigenvalue weighted by molar-refractivity contribution is 6.30. The lowest BCUT2D eigenvalue weighted by molar-refractivity contribution is -0.0928. The minimum Gasteiger partial charge on any atom is -0.393 e. The van der Waals surface area contributed by atoms with Crippen LogP contribution in [0.3, 0.4) is 0 Å². The predicted octanol–water partition coefficient (Wildman–Crippen LogP) is 4.64. The van der Waals surface area contributed by atoms with E-state index >= 15 is 0 Å². The molecule has 1 rings (SSSR count). The van der Waals surface area contributed by atoms with Gasteiger partial charge in [-0.25, -0.2) is 10.2 Å². The fraction of sp³-hybridized carbons (Fsp3) is 0.429. The molecule has 0 bridgehead atoms. The quantitative estimate of drug-likeness (QED) is 0.478. The third-order valence-electron chi connectivity index (χ3n) is 2.69. The summed E-state index contributed by atoms with van der Waals surface area (Å²) in [4.78, 5) is 0. The van der Waals surface area contributed by atoms with Crippen molar-refractivity contribution in [3.8, 4) is 0 Å². The van der Waals surface area contributed by atoms with Gasteiger partial charge in [-0.05, 0) is 19.1 Å². The molecule has 8 heteroatoms. The van der Waals surface area contributed by atoms with Crippen LogP contribution in [-0.4, -0.2) is 6.18 Å². The van der Waals surface area contributed by atoms with Crippen molar-refractivity contribution in [2.75, 3.05) is 5.01 Å². The van der Waals surface area contributed by atoms with Gasteiger partial charge in [-0.1, -0.05) is 38.3 Å². The molecule has 3 nitrogen and oxygen atoms in total. The zero-order chi connectivity index (χ0) is 17.5. The Bertz CT molecular complexity index is 514. The van der Waals surface area contributed by atoms with Crippen molar-refractivity contribution in [3.05, 3.63) is 40.4 Å². The molecular formula is C14H20ClF4N3. The van der Waals surface area contributed by atoms with Crippen LogP contribution < -0.4 is 16.6 Å². The summed E-state index contributed by atoms with van der Waals surface area (Å²) in [7, 11) is 0. The summed E-state index contributed by atoms with van der Waals surface area (Å²) >= 11 is 5.51. The number of anilines is 1. The number of nitrogens with zero attached hydrogens (tertiary/aromatic N) is 1. The lowest BCUT2D eigenvalue weighted by atomic mass is 10.2. The van der Waals surface area contributed by atoms with E-state index in [1.807, 2.05) is 0 Å². The van der Waals surface area contributed by atoms with E-state index in [2.05, 4.69) is 13.8 Å². The number of rotatable bonds is 3. The summed E-state index contributed by atoms with van der Waals surface area (Å²) in [6.45, 7) is 5.70. The monoisotopic (exact) mass is 341 g/mol. The molecule has 0 aliphatic heterocycles. The molecule has 126 valence electrons. The highest BCUT2D eigenvalue weighted by Crippen LogP contribution is 2.28. The van der Waals surface area contributed by atoms with Crippen molar-refractivity contribution in [2.24, 2.45) is 11.6 Å². The van der Waals surface area contributed by atoms with Gasteiger partial charge >= 0.3 is 6.18 Å². The maximum atomic E-state index is 13.4. The van der Waals surface area contributed by atoms with Crippen molar-refractivity contribution >= 4 is 17.3 Å². The second-order valence-corrected chi connectivity index (χ2v) is 4.90. The highest BCUT2D eigenvalue weighted by Gasteiger charge is 2.32. The van der Waals surface area contributed by atoms with Gasteiger partial charge in [0.15, 0.2) is 0 Å². The predicted molar refractivity (Wildman–Crippen MR) is 81.7 cm³/mol. The molecule has 0 unspecified atom stereocenters. The molecular weight excluding hydrogens is 322 g/mol. The molecule has 4 N–H and O–H groups in total. The maximum absolute atomic E-state index is 13.4. The van der Waals surface area contributed by atoms with Crippen LogP contribution in [0.5, 0.6) is 0 Å². The van der Waals surface area contributed by atoms with Crippen molar-refractivity contribution in [3.63, 3.8) is 0 Å². The van der Waals surface area contributed by atoms with Crippen LogP contribution in [0.4, 0.5) is 23.2 Å². The van der Waals surface area contributed by atoms with E-state index in [1.54, 1.807) is 0 Å². The van der Waals surface area contributed by atoms with Gasteiger partial charge in [-0.15, -0.1) is 0 Å². The second-order valence-electron chi connectivity index (χ2n) is 4.49. The van der Waals surface area contributed by atoms with E-state index in [4.69, 9.17) is 23.2 Å². The molecule has 1 aromatic rings. The van der Waals surface area contributed by atoms with E-state index < -0.39 is 17.7 Å². The fourth-order valence-electron chi connectivity index (χ4n) is 1.21. The average Bonchev–Trinajstić information content (AvgIpc) is 2.44. The number of alkyl halides is 3. The normalized spacial score (nSPS) is 11.8. The van der Waals surface area contributed by atoms with Gasteiger partial charge in [0, 0.05) is 11.8 Å². The molecule has 0 atom stereocenters. The summed E-state index contributed by atoms with van der Waals surface area (Å²) in [6.07, 6.45) is -1.59. The fourth-order valence-corrected chi connectivity index (χ4v) is 1.42. The summed E-state index contributed by atoms with van der Waals surface area (Å²) < 4.78 is 50.0. The summed E-state index contributed by atoms with van der Waals surface area (Å²) in [5, 5.41) is 0.454. The van der Waals surface area contributed by atoms with E-state index in [-0.39, 0.29) is 16.3 Å². The first-order valence-electron chi connectivity index (χ1n) is 6.59. The summed E-state index contributed by atoms with van der Waals surface area (Å²) in [5.74, 6) is 4.63. The smallest absolute Gasteiger partial charge is 0.393 e. The second kappa shape index (κ2) is 8.85. The van der Waals surface area contributed by atoms with E-state index in [1.165, 1.54) is 31.9 Å². The van der Waals surface area contributed by atoms with Gasteiger partial charge < -0.3 is 5.73 Å². The number of hydrogen-bond donors (Lipinski definition) is 2. The van der Waals surface area contributed by atoms with Gasteiger partial charge in [0.2, 0.25) is 0 Å². The first-order chi connectivity index (χ1) is 10.1. The lowest BCUT2D eigenvalue weighted by Gasteiger charge is -2.19. The maximum Gasteiger partial charge on any atom is 0.432 e. The SMILES string of the molecule is CCCC.Cc1c(N(N)/C=C(\N)C(F)(F)F)ccc(Cl)c1F. The number of unbranched alkanes of at least 4 members (excludes halogenated alkanes) is 1. The Kier molecular flexibility index (Phi) is 8.26.